The minimum absolute atomic E-state index is 0.300. The highest BCUT2D eigenvalue weighted by atomic mass is 16.4. The van der Waals surface area contributed by atoms with Crippen LogP contribution in [0.4, 0.5) is 21.9 Å². The lowest BCUT2D eigenvalue weighted by molar-refractivity contribution is -0.111. The third-order valence-electron chi connectivity index (χ3n) is 2.81. The van der Waals surface area contributed by atoms with Crippen molar-refractivity contribution in [2.75, 3.05) is 16.4 Å². The molecule has 112 valence electrons. The number of rotatable bonds is 4. The van der Waals surface area contributed by atoms with E-state index in [1.165, 1.54) is 6.08 Å². The number of carboxylic acid groups (broad SMARTS) is 1. The topological polar surface area (TPSA) is 104 Å². The minimum atomic E-state index is -1.12. The number of carbonyl (C=O) groups excluding carboxylic acids is 1. The van der Waals surface area contributed by atoms with E-state index in [4.69, 9.17) is 10.8 Å². The number of anilines is 3. The Hall–Kier alpha value is -3.28. The number of hydrogen-bond acceptors (Lipinski definition) is 3. The summed E-state index contributed by atoms with van der Waals surface area (Å²) in [6.07, 6.45) is 1.88. The Morgan fingerprint density at radius 3 is 2.32 bits per heavy atom. The number of nitrogen functional groups attached to an aromatic ring is 1. The third-order valence-corrected chi connectivity index (χ3v) is 2.81. The number of benzene rings is 2. The molecule has 0 aliphatic carbocycles. The molecule has 0 radical (unpaired) electrons. The molecule has 22 heavy (non-hydrogen) atoms. The van der Waals surface area contributed by atoms with Crippen LogP contribution in [0.3, 0.4) is 0 Å². The van der Waals surface area contributed by atoms with Gasteiger partial charge in [-0.05, 0) is 35.9 Å². The van der Waals surface area contributed by atoms with Gasteiger partial charge in [0.2, 0.25) is 5.91 Å². The maximum Gasteiger partial charge on any atom is 0.409 e. The van der Waals surface area contributed by atoms with E-state index in [1.54, 1.807) is 54.6 Å². The van der Waals surface area contributed by atoms with E-state index in [1.807, 2.05) is 0 Å². The van der Waals surface area contributed by atoms with Crippen LogP contribution in [0.5, 0.6) is 0 Å². The second kappa shape index (κ2) is 6.94. The number of carbonyl (C=O) groups is 2. The summed E-state index contributed by atoms with van der Waals surface area (Å²) < 4.78 is 0. The van der Waals surface area contributed by atoms with Crippen LogP contribution in [-0.2, 0) is 4.79 Å². The Labute approximate surface area is 127 Å². The van der Waals surface area contributed by atoms with E-state index in [2.05, 4.69) is 10.6 Å². The number of para-hydroxylation sites is 2. The van der Waals surface area contributed by atoms with Gasteiger partial charge in [0.25, 0.3) is 0 Å². The molecule has 0 atom stereocenters. The molecule has 0 aliphatic heterocycles. The predicted octanol–water partition coefficient (Wildman–Crippen LogP) is 3.01. The van der Waals surface area contributed by atoms with Crippen LogP contribution >= 0.6 is 0 Å². The molecule has 2 rings (SSSR count). The average Bonchev–Trinajstić information content (AvgIpc) is 2.48. The lowest BCUT2D eigenvalue weighted by Crippen LogP contribution is -2.09. The summed E-state index contributed by atoms with van der Waals surface area (Å²) in [5.41, 5.74) is 8.02. The Morgan fingerprint density at radius 1 is 1.00 bits per heavy atom. The molecular formula is C16H15N3O3. The Bertz CT molecular complexity index is 709. The summed E-state index contributed by atoms with van der Waals surface area (Å²) in [4.78, 5) is 22.3. The van der Waals surface area contributed by atoms with E-state index >= 15 is 0 Å². The Balaban J connectivity index is 1.98. The van der Waals surface area contributed by atoms with Gasteiger partial charge >= 0.3 is 6.09 Å². The van der Waals surface area contributed by atoms with Crippen molar-refractivity contribution >= 4 is 35.1 Å². The van der Waals surface area contributed by atoms with Crippen molar-refractivity contribution in [2.24, 2.45) is 0 Å². The monoisotopic (exact) mass is 297 g/mol. The van der Waals surface area contributed by atoms with Crippen LogP contribution < -0.4 is 16.4 Å². The molecule has 6 heteroatoms. The summed E-state index contributed by atoms with van der Waals surface area (Å²) in [6.45, 7) is 0. The average molecular weight is 297 g/mol. The van der Waals surface area contributed by atoms with Crippen LogP contribution in [0.25, 0.3) is 6.08 Å². The SMILES string of the molecule is Nc1ccccc1NC(=O)C=Cc1ccc(NC(=O)O)cc1. The number of nitrogens with two attached hydrogens (primary N) is 1. The molecule has 2 aromatic carbocycles. The Morgan fingerprint density at radius 2 is 1.68 bits per heavy atom. The summed E-state index contributed by atoms with van der Waals surface area (Å²) in [5.74, 6) is -0.300. The largest absolute Gasteiger partial charge is 0.465 e. The zero-order chi connectivity index (χ0) is 15.9. The van der Waals surface area contributed by atoms with Gasteiger partial charge in [-0.2, -0.15) is 0 Å². The first-order valence-corrected chi connectivity index (χ1v) is 6.48. The van der Waals surface area contributed by atoms with Crippen molar-refractivity contribution in [1.29, 1.82) is 0 Å². The van der Waals surface area contributed by atoms with Crippen LogP contribution in [-0.4, -0.2) is 17.1 Å². The fourth-order valence-corrected chi connectivity index (χ4v) is 1.76. The van der Waals surface area contributed by atoms with E-state index in [0.29, 0.717) is 17.1 Å². The first-order chi connectivity index (χ1) is 10.5. The van der Waals surface area contributed by atoms with Gasteiger partial charge in [-0.15, -0.1) is 0 Å². The highest BCUT2D eigenvalue weighted by Crippen LogP contribution is 2.16. The van der Waals surface area contributed by atoms with E-state index in [9.17, 15) is 9.59 Å². The quantitative estimate of drug-likeness (QED) is 0.514. The summed E-state index contributed by atoms with van der Waals surface area (Å²) in [5, 5.41) is 13.5. The zero-order valence-corrected chi connectivity index (χ0v) is 11.6. The molecule has 0 bridgehead atoms. The second-order valence-electron chi connectivity index (χ2n) is 4.46. The van der Waals surface area contributed by atoms with E-state index in [-0.39, 0.29) is 5.91 Å². The lowest BCUT2D eigenvalue weighted by Gasteiger charge is -2.05. The van der Waals surface area contributed by atoms with E-state index in [0.717, 1.165) is 5.56 Å². The number of hydrogen-bond donors (Lipinski definition) is 4. The standard InChI is InChI=1S/C16H15N3O3/c17-13-3-1-2-4-14(13)19-15(20)10-7-11-5-8-12(9-6-11)18-16(21)22/h1-10,18H,17H2,(H,19,20)(H,21,22). The molecular weight excluding hydrogens is 282 g/mol. The maximum absolute atomic E-state index is 11.8. The molecule has 2 aromatic rings. The van der Waals surface area contributed by atoms with Crippen LogP contribution in [0, 0.1) is 0 Å². The first-order valence-electron chi connectivity index (χ1n) is 6.48. The minimum Gasteiger partial charge on any atom is -0.465 e. The predicted molar refractivity (Wildman–Crippen MR) is 86.6 cm³/mol. The fourth-order valence-electron chi connectivity index (χ4n) is 1.76. The molecule has 0 spiro atoms. The molecule has 6 nitrogen and oxygen atoms in total. The van der Waals surface area contributed by atoms with Crippen molar-refractivity contribution in [3.05, 3.63) is 60.2 Å². The van der Waals surface area contributed by atoms with Gasteiger partial charge in [-0.1, -0.05) is 24.3 Å². The van der Waals surface area contributed by atoms with Gasteiger partial charge in [-0.3, -0.25) is 10.1 Å². The molecule has 2 amide bonds. The lowest BCUT2D eigenvalue weighted by atomic mass is 10.2. The molecule has 0 aromatic heterocycles. The first kappa shape index (κ1) is 15.1. The zero-order valence-electron chi connectivity index (χ0n) is 11.6. The molecule has 5 N–H and O–H groups in total. The summed E-state index contributed by atoms with van der Waals surface area (Å²) >= 11 is 0. The molecule has 0 fully saturated rings. The van der Waals surface area contributed by atoms with Gasteiger partial charge in [0.05, 0.1) is 11.4 Å². The summed E-state index contributed by atoms with van der Waals surface area (Å²) in [7, 11) is 0. The molecule has 0 saturated carbocycles. The molecule has 0 saturated heterocycles. The highest BCUT2D eigenvalue weighted by Gasteiger charge is 2.01. The van der Waals surface area contributed by atoms with Crippen LogP contribution in [0.15, 0.2) is 54.6 Å². The van der Waals surface area contributed by atoms with Crippen molar-refractivity contribution in [2.45, 2.75) is 0 Å². The normalized spacial score (nSPS) is 10.4. The smallest absolute Gasteiger partial charge is 0.409 e. The Kier molecular flexibility index (Phi) is 4.77. The van der Waals surface area contributed by atoms with Crippen molar-refractivity contribution in [1.82, 2.24) is 0 Å². The molecule has 0 aliphatic rings. The fraction of sp³-hybridized carbons (Fsp3) is 0. The van der Waals surface area contributed by atoms with Gasteiger partial charge in [0.15, 0.2) is 0 Å². The molecule has 0 unspecified atom stereocenters. The van der Waals surface area contributed by atoms with Crippen molar-refractivity contribution in [3.8, 4) is 0 Å². The van der Waals surface area contributed by atoms with Crippen LogP contribution in [0.2, 0.25) is 0 Å². The van der Waals surface area contributed by atoms with Crippen molar-refractivity contribution in [3.63, 3.8) is 0 Å². The van der Waals surface area contributed by atoms with E-state index < -0.39 is 6.09 Å². The third kappa shape index (κ3) is 4.38. The van der Waals surface area contributed by atoms with Gasteiger partial charge in [-0.25, -0.2) is 4.79 Å². The van der Waals surface area contributed by atoms with Gasteiger partial charge < -0.3 is 16.2 Å². The molecule has 0 heterocycles. The van der Waals surface area contributed by atoms with Gasteiger partial charge in [0, 0.05) is 11.8 Å². The second-order valence-corrected chi connectivity index (χ2v) is 4.46. The number of amides is 2. The number of nitrogens with one attached hydrogen (secondary N) is 2. The maximum atomic E-state index is 11.8. The van der Waals surface area contributed by atoms with Crippen molar-refractivity contribution < 1.29 is 14.7 Å². The highest BCUT2D eigenvalue weighted by molar-refractivity contribution is 6.03. The van der Waals surface area contributed by atoms with Gasteiger partial charge in [0.1, 0.15) is 0 Å². The van der Waals surface area contributed by atoms with Crippen LogP contribution in [0.1, 0.15) is 5.56 Å². The summed E-state index contributed by atoms with van der Waals surface area (Å²) in [6, 6.07) is 13.6.